The molecule has 0 spiro atoms. The van der Waals surface area contributed by atoms with Gasteiger partial charge in [0.2, 0.25) is 0 Å². The van der Waals surface area contributed by atoms with Gasteiger partial charge in [0.1, 0.15) is 0 Å². The quantitative estimate of drug-likeness (QED) is 0.786. The number of aliphatic carboxylic acids is 1. The number of aromatic amines is 1. The minimum Gasteiger partial charge on any atom is -0.481 e. The van der Waals surface area contributed by atoms with E-state index in [4.69, 9.17) is 5.11 Å². The Morgan fingerprint density at radius 3 is 2.67 bits per heavy atom. The Labute approximate surface area is 103 Å². The molecule has 0 radical (unpaired) electrons. The van der Waals surface area contributed by atoms with Gasteiger partial charge in [-0.05, 0) is 6.92 Å². The molecule has 1 rings (SSSR count). The molecule has 0 saturated heterocycles. The molecule has 0 aliphatic rings. The molecule has 102 valence electrons. The first-order valence-electron chi connectivity index (χ1n) is 4.84. The SMILES string of the molecule is CCn1c(SCC(C(=O)O)C(F)(F)F)n[nH]c1=O. The number of nitrogens with one attached hydrogen (secondary N) is 1. The average Bonchev–Trinajstić information content (AvgIpc) is 2.57. The Morgan fingerprint density at radius 2 is 2.22 bits per heavy atom. The average molecular weight is 285 g/mol. The van der Waals surface area contributed by atoms with E-state index in [0.29, 0.717) is 11.8 Å². The van der Waals surface area contributed by atoms with E-state index < -0.39 is 29.5 Å². The number of rotatable bonds is 5. The van der Waals surface area contributed by atoms with Gasteiger partial charge in [-0.1, -0.05) is 11.8 Å². The van der Waals surface area contributed by atoms with Gasteiger partial charge in [0.25, 0.3) is 0 Å². The van der Waals surface area contributed by atoms with Crippen molar-refractivity contribution in [3.05, 3.63) is 10.5 Å². The molecule has 2 N–H and O–H groups in total. The summed E-state index contributed by atoms with van der Waals surface area (Å²) in [5, 5.41) is 14.1. The van der Waals surface area contributed by atoms with Crippen molar-refractivity contribution in [2.24, 2.45) is 5.92 Å². The Balaban J connectivity index is 2.80. The van der Waals surface area contributed by atoms with Gasteiger partial charge in [-0.15, -0.1) is 5.10 Å². The number of thioether (sulfide) groups is 1. The molecule has 1 heterocycles. The summed E-state index contributed by atoms with van der Waals surface area (Å²) >= 11 is 0.576. The van der Waals surface area contributed by atoms with Crippen molar-refractivity contribution in [3.63, 3.8) is 0 Å². The van der Waals surface area contributed by atoms with E-state index in [2.05, 4.69) is 10.2 Å². The van der Waals surface area contributed by atoms with Crippen LogP contribution >= 0.6 is 11.8 Å². The van der Waals surface area contributed by atoms with Crippen LogP contribution in [0.15, 0.2) is 9.95 Å². The molecule has 1 unspecified atom stereocenters. The van der Waals surface area contributed by atoms with Crippen LogP contribution in [0.5, 0.6) is 0 Å². The van der Waals surface area contributed by atoms with Crippen molar-refractivity contribution in [1.29, 1.82) is 0 Å². The second-order valence-corrected chi connectivity index (χ2v) is 4.29. The first-order valence-corrected chi connectivity index (χ1v) is 5.83. The number of H-pyrrole nitrogens is 1. The molecule has 10 heteroatoms. The number of alkyl halides is 3. The van der Waals surface area contributed by atoms with Gasteiger partial charge in [0.15, 0.2) is 11.1 Å². The highest BCUT2D eigenvalue weighted by molar-refractivity contribution is 7.99. The number of halogens is 3. The van der Waals surface area contributed by atoms with Crippen molar-refractivity contribution >= 4 is 17.7 Å². The Morgan fingerprint density at radius 1 is 1.61 bits per heavy atom. The van der Waals surface area contributed by atoms with Crippen LogP contribution in [0.25, 0.3) is 0 Å². The molecule has 0 fully saturated rings. The van der Waals surface area contributed by atoms with Crippen LogP contribution in [0, 0.1) is 5.92 Å². The third-order valence-electron chi connectivity index (χ3n) is 2.11. The number of hydrogen-bond donors (Lipinski definition) is 2. The fourth-order valence-electron chi connectivity index (χ4n) is 1.16. The highest BCUT2D eigenvalue weighted by Gasteiger charge is 2.45. The molecular weight excluding hydrogens is 275 g/mol. The van der Waals surface area contributed by atoms with E-state index >= 15 is 0 Å². The summed E-state index contributed by atoms with van der Waals surface area (Å²) < 4.78 is 38.2. The van der Waals surface area contributed by atoms with Crippen LogP contribution in [0.3, 0.4) is 0 Å². The Kier molecular flexibility index (Phi) is 4.43. The van der Waals surface area contributed by atoms with Crippen molar-refractivity contribution in [3.8, 4) is 0 Å². The number of aromatic nitrogens is 3. The molecule has 0 aliphatic heterocycles. The summed E-state index contributed by atoms with van der Waals surface area (Å²) in [5.74, 6) is -5.17. The van der Waals surface area contributed by atoms with Crippen LogP contribution in [-0.4, -0.2) is 37.8 Å². The summed E-state index contributed by atoms with van der Waals surface area (Å²) in [6.07, 6.45) is -4.83. The fourth-order valence-corrected chi connectivity index (χ4v) is 2.28. The largest absolute Gasteiger partial charge is 0.481 e. The smallest absolute Gasteiger partial charge is 0.403 e. The van der Waals surface area contributed by atoms with Gasteiger partial charge >= 0.3 is 17.8 Å². The third kappa shape index (κ3) is 3.28. The minimum absolute atomic E-state index is 0.0398. The highest BCUT2D eigenvalue weighted by Crippen LogP contribution is 2.31. The standard InChI is InChI=1S/C8H10F3N3O3S/c1-2-14-6(17)12-13-7(14)18-3-4(5(15)16)8(9,10)11/h4H,2-3H2,1H3,(H,12,17)(H,15,16). The van der Waals surface area contributed by atoms with E-state index in [1.54, 1.807) is 6.92 Å². The molecule has 0 bridgehead atoms. The number of carboxylic acid groups (broad SMARTS) is 1. The summed E-state index contributed by atoms with van der Waals surface area (Å²) in [7, 11) is 0. The van der Waals surface area contributed by atoms with E-state index in [-0.39, 0.29) is 11.7 Å². The van der Waals surface area contributed by atoms with Gasteiger partial charge in [-0.3, -0.25) is 9.36 Å². The maximum atomic E-state index is 12.4. The molecular formula is C8H10F3N3O3S. The van der Waals surface area contributed by atoms with Crippen LogP contribution < -0.4 is 5.69 Å². The maximum Gasteiger partial charge on any atom is 0.403 e. The van der Waals surface area contributed by atoms with E-state index in [1.165, 1.54) is 0 Å². The lowest BCUT2D eigenvalue weighted by atomic mass is 10.2. The predicted molar refractivity (Wildman–Crippen MR) is 56.4 cm³/mol. The van der Waals surface area contributed by atoms with Crippen molar-refractivity contribution in [2.75, 3.05) is 5.75 Å². The molecule has 0 aliphatic carbocycles. The van der Waals surface area contributed by atoms with Gasteiger partial charge in [0, 0.05) is 12.3 Å². The Hall–Kier alpha value is -1.45. The third-order valence-corrected chi connectivity index (χ3v) is 3.18. The summed E-state index contributed by atoms with van der Waals surface area (Å²) in [6, 6.07) is 0. The topological polar surface area (TPSA) is 88.0 Å². The van der Waals surface area contributed by atoms with E-state index in [0.717, 1.165) is 4.57 Å². The van der Waals surface area contributed by atoms with Gasteiger partial charge < -0.3 is 5.11 Å². The zero-order valence-corrected chi connectivity index (χ0v) is 10.0. The molecule has 0 saturated carbocycles. The predicted octanol–water partition coefficient (Wildman–Crippen LogP) is 0.946. The van der Waals surface area contributed by atoms with Crippen LogP contribution in [-0.2, 0) is 11.3 Å². The Bertz CT molecular complexity index is 482. The summed E-state index contributed by atoms with van der Waals surface area (Å²) in [5.41, 5.74) is -0.543. The lowest BCUT2D eigenvalue weighted by molar-refractivity contribution is -0.188. The fraction of sp³-hybridized carbons (Fsp3) is 0.625. The number of carbonyl (C=O) groups is 1. The second-order valence-electron chi connectivity index (χ2n) is 3.30. The maximum absolute atomic E-state index is 12.4. The molecule has 1 aromatic heterocycles. The monoisotopic (exact) mass is 285 g/mol. The van der Waals surface area contributed by atoms with Gasteiger partial charge in [-0.2, -0.15) is 13.2 Å². The lowest BCUT2D eigenvalue weighted by Gasteiger charge is -2.14. The van der Waals surface area contributed by atoms with E-state index in [9.17, 15) is 22.8 Å². The zero-order valence-electron chi connectivity index (χ0n) is 9.19. The number of carboxylic acids is 1. The second kappa shape index (κ2) is 5.46. The summed E-state index contributed by atoms with van der Waals surface area (Å²) in [6.45, 7) is 1.86. The normalized spacial score (nSPS) is 13.6. The first-order chi connectivity index (χ1) is 8.27. The van der Waals surface area contributed by atoms with E-state index in [1.807, 2.05) is 0 Å². The van der Waals surface area contributed by atoms with Crippen molar-refractivity contribution in [2.45, 2.75) is 24.8 Å². The summed E-state index contributed by atoms with van der Waals surface area (Å²) in [4.78, 5) is 21.6. The first kappa shape index (κ1) is 14.6. The molecule has 0 aromatic carbocycles. The van der Waals surface area contributed by atoms with Gasteiger partial charge in [-0.25, -0.2) is 9.89 Å². The minimum atomic E-state index is -4.83. The molecule has 1 aromatic rings. The highest BCUT2D eigenvalue weighted by atomic mass is 32.2. The van der Waals surface area contributed by atoms with Crippen molar-refractivity contribution < 1.29 is 23.1 Å². The van der Waals surface area contributed by atoms with Crippen LogP contribution in [0.2, 0.25) is 0 Å². The van der Waals surface area contributed by atoms with Gasteiger partial charge in [0.05, 0.1) is 0 Å². The molecule has 1 atom stereocenters. The molecule has 0 amide bonds. The number of hydrogen-bond acceptors (Lipinski definition) is 4. The number of nitrogens with zero attached hydrogens (tertiary/aromatic N) is 2. The van der Waals surface area contributed by atoms with Crippen LogP contribution in [0.1, 0.15) is 6.92 Å². The molecule has 6 nitrogen and oxygen atoms in total. The lowest BCUT2D eigenvalue weighted by Crippen LogP contribution is -2.32. The van der Waals surface area contributed by atoms with Crippen LogP contribution in [0.4, 0.5) is 13.2 Å². The van der Waals surface area contributed by atoms with Crippen molar-refractivity contribution in [1.82, 2.24) is 14.8 Å². The zero-order chi connectivity index (χ0) is 13.9. The molecule has 18 heavy (non-hydrogen) atoms.